The van der Waals surface area contributed by atoms with Crippen molar-refractivity contribution < 1.29 is 4.39 Å². The molecule has 2 N–H and O–H groups in total. The average molecular weight is 222 g/mol. The number of benzene rings is 1. The lowest BCUT2D eigenvalue weighted by atomic mass is 10.1. The van der Waals surface area contributed by atoms with E-state index in [1.165, 1.54) is 11.3 Å². The first kappa shape index (κ1) is 10.1. The normalized spacial score (nSPS) is 10.6. The molecule has 0 aliphatic rings. The molecular formula is C11H11FN2S. The molecule has 1 heterocycles. The molecule has 0 fully saturated rings. The van der Waals surface area contributed by atoms with Crippen LogP contribution in [0.1, 0.15) is 11.1 Å². The van der Waals surface area contributed by atoms with Crippen molar-refractivity contribution in [3.63, 3.8) is 0 Å². The van der Waals surface area contributed by atoms with Crippen molar-refractivity contribution in [2.75, 3.05) is 5.73 Å². The molecule has 78 valence electrons. The van der Waals surface area contributed by atoms with E-state index in [0.717, 1.165) is 10.4 Å². The van der Waals surface area contributed by atoms with Crippen LogP contribution in [0.3, 0.4) is 0 Å². The lowest BCUT2D eigenvalue weighted by molar-refractivity contribution is 0.609. The van der Waals surface area contributed by atoms with Gasteiger partial charge in [0.25, 0.3) is 0 Å². The van der Waals surface area contributed by atoms with Gasteiger partial charge in [-0.15, -0.1) is 0 Å². The Balaban J connectivity index is 2.55. The highest BCUT2D eigenvalue weighted by atomic mass is 32.1. The Hall–Kier alpha value is -1.42. The van der Waals surface area contributed by atoms with Gasteiger partial charge in [-0.2, -0.15) is 0 Å². The minimum Gasteiger partial charge on any atom is -0.375 e. The zero-order valence-corrected chi connectivity index (χ0v) is 9.36. The molecule has 0 amide bonds. The van der Waals surface area contributed by atoms with E-state index in [-0.39, 0.29) is 5.82 Å². The minimum absolute atomic E-state index is 0.142. The first-order valence-electron chi connectivity index (χ1n) is 4.56. The summed E-state index contributed by atoms with van der Waals surface area (Å²) in [7, 11) is 0. The fourth-order valence-electron chi connectivity index (χ4n) is 1.51. The molecule has 1 aromatic carbocycles. The summed E-state index contributed by atoms with van der Waals surface area (Å²) in [5, 5.41) is 0.532. The van der Waals surface area contributed by atoms with Crippen molar-refractivity contribution in [2.24, 2.45) is 0 Å². The highest BCUT2D eigenvalue weighted by molar-refractivity contribution is 7.18. The van der Waals surface area contributed by atoms with Gasteiger partial charge in [-0.3, -0.25) is 0 Å². The Bertz CT molecular complexity index is 482. The van der Waals surface area contributed by atoms with Gasteiger partial charge in [0, 0.05) is 6.20 Å². The number of nitrogens with zero attached hydrogens (tertiary/aromatic N) is 1. The maximum Gasteiger partial charge on any atom is 0.180 e. The number of hydrogen-bond acceptors (Lipinski definition) is 3. The molecule has 2 rings (SSSR count). The summed E-state index contributed by atoms with van der Waals surface area (Å²) in [6.45, 7) is 3.52. The molecule has 0 aliphatic carbocycles. The second-order valence-corrected chi connectivity index (χ2v) is 4.55. The molecule has 2 nitrogen and oxygen atoms in total. The van der Waals surface area contributed by atoms with E-state index in [1.54, 1.807) is 20.0 Å². The maximum absolute atomic E-state index is 13.4. The van der Waals surface area contributed by atoms with Crippen LogP contribution in [0, 0.1) is 19.7 Å². The van der Waals surface area contributed by atoms with Crippen LogP contribution in [-0.4, -0.2) is 4.98 Å². The van der Waals surface area contributed by atoms with Crippen LogP contribution < -0.4 is 5.73 Å². The third kappa shape index (κ3) is 1.85. The zero-order valence-electron chi connectivity index (χ0n) is 8.54. The molecule has 0 aliphatic heterocycles. The van der Waals surface area contributed by atoms with E-state index in [1.807, 2.05) is 12.1 Å². The fourth-order valence-corrected chi connectivity index (χ4v) is 2.18. The Labute approximate surface area is 91.6 Å². The van der Waals surface area contributed by atoms with Gasteiger partial charge in [0.15, 0.2) is 5.13 Å². The smallest absolute Gasteiger partial charge is 0.180 e. The summed E-state index contributed by atoms with van der Waals surface area (Å²) >= 11 is 1.41. The summed E-state index contributed by atoms with van der Waals surface area (Å²) in [4.78, 5) is 4.95. The number of rotatable bonds is 1. The molecule has 0 saturated carbocycles. The third-order valence-electron chi connectivity index (χ3n) is 2.24. The van der Waals surface area contributed by atoms with Gasteiger partial charge in [-0.05, 0) is 42.7 Å². The number of aromatic nitrogens is 1. The lowest BCUT2D eigenvalue weighted by Crippen LogP contribution is -1.88. The molecule has 0 bridgehead atoms. The van der Waals surface area contributed by atoms with Crippen LogP contribution in [-0.2, 0) is 0 Å². The van der Waals surface area contributed by atoms with E-state index in [2.05, 4.69) is 4.98 Å². The monoisotopic (exact) mass is 222 g/mol. The van der Waals surface area contributed by atoms with Gasteiger partial charge >= 0.3 is 0 Å². The second kappa shape index (κ2) is 3.62. The van der Waals surface area contributed by atoms with Crippen molar-refractivity contribution in [1.29, 1.82) is 0 Å². The summed E-state index contributed by atoms with van der Waals surface area (Å²) < 4.78 is 13.4. The molecule has 0 spiro atoms. The van der Waals surface area contributed by atoms with Crippen molar-refractivity contribution in [2.45, 2.75) is 13.8 Å². The maximum atomic E-state index is 13.4. The molecule has 1 aromatic heterocycles. The molecule has 0 radical (unpaired) electrons. The molecule has 2 aromatic rings. The van der Waals surface area contributed by atoms with Gasteiger partial charge in [0.05, 0.1) is 4.88 Å². The number of nitrogens with two attached hydrogens (primary N) is 1. The average Bonchev–Trinajstić information content (AvgIpc) is 2.60. The molecule has 4 heteroatoms. The Morgan fingerprint density at radius 3 is 2.33 bits per heavy atom. The summed E-state index contributed by atoms with van der Waals surface area (Å²) in [6, 6.07) is 3.63. The lowest BCUT2D eigenvalue weighted by Gasteiger charge is -2.04. The van der Waals surface area contributed by atoms with E-state index in [9.17, 15) is 4.39 Å². The molecule has 15 heavy (non-hydrogen) atoms. The van der Waals surface area contributed by atoms with E-state index in [0.29, 0.717) is 16.3 Å². The van der Waals surface area contributed by atoms with E-state index < -0.39 is 0 Å². The predicted molar refractivity (Wildman–Crippen MR) is 61.4 cm³/mol. The fraction of sp³-hybridized carbons (Fsp3) is 0.182. The molecule has 0 unspecified atom stereocenters. The summed E-state index contributed by atoms with van der Waals surface area (Å²) in [5.41, 5.74) is 7.83. The van der Waals surface area contributed by atoms with Crippen molar-refractivity contribution in [3.8, 4) is 10.4 Å². The van der Waals surface area contributed by atoms with Crippen molar-refractivity contribution >= 4 is 16.5 Å². The number of nitrogen functional groups attached to an aromatic ring is 1. The molecule has 0 atom stereocenters. The zero-order chi connectivity index (χ0) is 11.0. The van der Waals surface area contributed by atoms with Crippen LogP contribution in [0.4, 0.5) is 9.52 Å². The highest BCUT2D eigenvalue weighted by Gasteiger charge is 2.07. The Morgan fingerprint density at radius 1 is 1.27 bits per heavy atom. The van der Waals surface area contributed by atoms with Crippen molar-refractivity contribution in [3.05, 3.63) is 35.3 Å². The Kier molecular flexibility index (Phi) is 2.44. The predicted octanol–water partition coefficient (Wildman–Crippen LogP) is 3.15. The topological polar surface area (TPSA) is 38.9 Å². The summed E-state index contributed by atoms with van der Waals surface area (Å²) in [5.74, 6) is -0.142. The SMILES string of the molecule is Cc1cc(-c2cnc(N)s2)cc(C)c1F. The largest absolute Gasteiger partial charge is 0.375 e. The number of aryl methyl sites for hydroxylation is 2. The van der Waals surface area contributed by atoms with Gasteiger partial charge in [-0.25, -0.2) is 9.37 Å². The number of thiazole rings is 1. The van der Waals surface area contributed by atoms with Gasteiger partial charge in [-0.1, -0.05) is 11.3 Å². The van der Waals surface area contributed by atoms with Crippen LogP contribution in [0.2, 0.25) is 0 Å². The van der Waals surface area contributed by atoms with Crippen molar-refractivity contribution in [1.82, 2.24) is 4.98 Å². The highest BCUT2D eigenvalue weighted by Crippen LogP contribution is 2.29. The second-order valence-electron chi connectivity index (χ2n) is 3.49. The summed E-state index contributed by atoms with van der Waals surface area (Å²) in [6.07, 6.45) is 1.71. The molecular weight excluding hydrogens is 211 g/mol. The minimum atomic E-state index is -0.142. The van der Waals surface area contributed by atoms with Gasteiger partial charge < -0.3 is 5.73 Å². The standard InChI is InChI=1S/C11H11FN2S/c1-6-3-8(4-7(2)10(6)12)9-5-14-11(13)15-9/h3-5H,1-2H3,(H2,13,14). The number of halogens is 1. The number of hydrogen-bond donors (Lipinski definition) is 1. The van der Waals surface area contributed by atoms with Gasteiger partial charge in [0.1, 0.15) is 5.82 Å². The van der Waals surface area contributed by atoms with Crippen LogP contribution in [0.25, 0.3) is 10.4 Å². The quantitative estimate of drug-likeness (QED) is 0.805. The van der Waals surface area contributed by atoms with Crippen LogP contribution >= 0.6 is 11.3 Å². The first-order chi connectivity index (χ1) is 7.08. The Morgan fingerprint density at radius 2 is 1.87 bits per heavy atom. The van der Waals surface area contributed by atoms with E-state index >= 15 is 0 Å². The number of anilines is 1. The van der Waals surface area contributed by atoms with E-state index in [4.69, 9.17) is 5.73 Å². The first-order valence-corrected chi connectivity index (χ1v) is 5.38. The van der Waals surface area contributed by atoms with Crippen LogP contribution in [0.5, 0.6) is 0 Å². The molecule has 0 saturated heterocycles. The van der Waals surface area contributed by atoms with Crippen LogP contribution in [0.15, 0.2) is 18.3 Å². The van der Waals surface area contributed by atoms with Gasteiger partial charge in [0.2, 0.25) is 0 Å². The third-order valence-corrected chi connectivity index (χ3v) is 3.12.